The molecule has 1 rings (SSSR count). The van der Waals surface area contributed by atoms with Crippen LogP contribution >= 0.6 is 11.6 Å². The summed E-state index contributed by atoms with van der Waals surface area (Å²) < 4.78 is 30.2. The highest BCUT2D eigenvalue weighted by molar-refractivity contribution is 6.17. The minimum atomic E-state index is -2.85. The molecule has 94 valence electrons. The van der Waals surface area contributed by atoms with Gasteiger partial charge in [0.25, 0.3) is 6.43 Å². The van der Waals surface area contributed by atoms with Gasteiger partial charge in [-0.15, -0.1) is 11.6 Å². The van der Waals surface area contributed by atoms with E-state index in [4.69, 9.17) is 17.3 Å². The fourth-order valence-corrected chi connectivity index (χ4v) is 1.45. The minimum absolute atomic E-state index is 0.0625. The predicted octanol–water partition coefficient (Wildman–Crippen LogP) is 2.52. The van der Waals surface area contributed by atoms with E-state index in [1.807, 2.05) is 0 Å². The molecule has 1 aromatic rings. The highest BCUT2D eigenvalue weighted by atomic mass is 35.5. The van der Waals surface area contributed by atoms with Gasteiger partial charge in [-0.3, -0.25) is 0 Å². The third-order valence-corrected chi connectivity index (χ3v) is 2.26. The van der Waals surface area contributed by atoms with Crippen LogP contribution in [0.3, 0.4) is 0 Å². The van der Waals surface area contributed by atoms with Gasteiger partial charge in [0.1, 0.15) is 11.4 Å². The number of carbonyl (C=O) groups is 1. The maximum atomic E-state index is 12.8. The zero-order valence-corrected chi connectivity index (χ0v) is 9.80. The van der Waals surface area contributed by atoms with Crippen LogP contribution < -0.4 is 5.73 Å². The molecule has 0 unspecified atom stereocenters. The lowest BCUT2D eigenvalue weighted by Crippen LogP contribution is -2.14. The minimum Gasteiger partial charge on any atom is -0.462 e. The van der Waals surface area contributed by atoms with E-state index in [-0.39, 0.29) is 24.0 Å². The monoisotopic (exact) mass is 264 g/mol. The Kier molecular flexibility index (Phi) is 4.62. The Balaban J connectivity index is 3.31. The average Bonchev–Trinajstić information content (AvgIpc) is 2.27. The van der Waals surface area contributed by atoms with Gasteiger partial charge in [0.05, 0.1) is 18.2 Å². The first-order valence-corrected chi connectivity index (χ1v) is 5.35. The lowest BCUT2D eigenvalue weighted by Gasteiger charge is -2.11. The fraction of sp³-hybridized carbons (Fsp3) is 0.400. The molecule has 0 bridgehead atoms. The van der Waals surface area contributed by atoms with E-state index >= 15 is 0 Å². The lowest BCUT2D eigenvalue weighted by atomic mass is 10.1. The summed E-state index contributed by atoms with van der Waals surface area (Å²) in [5.74, 6) is -1.27. The van der Waals surface area contributed by atoms with Gasteiger partial charge < -0.3 is 10.5 Å². The van der Waals surface area contributed by atoms with Crippen LogP contribution in [-0.2, 0) is 10.6 Å². The van der Waals surface area contributed by atoms with Crippen LogP contribution in [0.2, 0.25) is 0 Å². The first kappa shape index (κ1) is 13.6. The zero-order valence-electron chi connectivity index (χ0n) is 9.04. The Hall–Kier alpha value is -1.43. The van der Waals surface area contributed by atoms with Gasteiger partial charge in [-0.25, -0.2) is 18.6 Å². The van der Waals surface area contributed by atoms with Crippen molar-refractivity contribution >= 4 is 23.4 Å². The number of nitrogens with zero attached hydrogens (tertiary/aromatic N) is 1. The van der Waals surface area contributed by atoms with Crippen molar-refractivity contribution in [3.63, 3.8) is 0 Å². The Morgan fingerprint density at radius 3 is 2.76 bits per heavy atom. The lowest BCUT2D eigenvalue weighted by molar-refractivity contribution is 0.0516. The summed E-state index contributed by atoms with van der Waals surface area (Å²) in [5.41, 5.74) is 4.75. The van der Waals surface area contributed by atoms with Gasteiger partial charge in [0.15, 0.2) is 0 Å². The van der Waals surface area contributed by atoms with E-state index < -0.39 is 23.5 Å². The predicted molar refractivity (Wildman–Crippen MR) is 59.1 cm³/mol. The molecule has 1 aromatic heterocycles. The van der Waals surface area contributed by atoms with Crippen molar-refractivity contribution in [2.75, 3.05) is 12.3 Å². The topological polar surface area (TPSA) is 65.2 Å². The van der Waals surface area contributed by atoms with Crippen LogP contribution in [0.4, 0.5) is 14.6 Å². The first-order chi connectivity index (χ1) is 8.01. The summed E-state index contributed by atoms with van der Waals surface area (Å²) >= 11 is 5.49. The second kappa shape index (κ2) is 5.77. The number of hydrogen-bond acceptors (Lipinski definition) is 4. The van der Waals surface area contributed by atoms with Gasteiger partial charge in [-0.2, -0.15) is 0 Å². The second-order valence-corrected chi connectivity index (χ2v) is 3.39. The number of aromatic nitrogens is 1. The van der Waals surface area contributed by atoms with E-state index in [1.165, 1.54) is 0 Å². The van der Waals surface area contributed by atoms with Gasteiger partial charge >= 0.3 is 5.97 Å². The Morgan fingerprint density at radius 1 is 1.65 bits per heavy atom. The summed E-state index contributed by atoms with van der Waals surface area (Å²) in [4.78, 5) is 15.2. The molecule has 0 saturated heterocycles. The normalized spacial score (nSPS) is 10.6. The van der Waals surface area contributed by atoms with E-state index in [0.29, 0.717) is 0 Å². The fourth-order valence-electron chi connectivity index (χ4n) is 1.31. The number of esters is 1. The molecule has 2 N–H and O–H groups in total. The third kappa shape index (κ3) is 3.03. The van der Waals surface area contributed by atoms with Crippen LogP contribution in [-0.4, -0.2) is 17.6 Å². The summed E-state index contributed by atoms with van der Waals surface area (Å²) in [6, 6.07) is 1.06. The maximum absolute atomic E-state index is 12.8. The van der Waals surface area contributed by atoms with Crippen LogP contribution in [0, 0.1) is 0 Å². The molecule has 0 aromatic carbocycles. The smallest absolute Gasteiger partial charge is 0.342 e. The van der Waals surface area contributed by atoms with Gasteiger partial charge in [0.2, 0.25) is 0 Å². The zero-order chi connectivity index (χ0) is 13.0. The summed E-state index contributed by atoms with van der Waals surface area (Å²) in [5, 5.41) is 0. The number of pyridine rings is 1. The molecule has 17 heavy (non-hydrogen) atoms. The summed E-state index contributed by atoms with van der Waals surface area (Å²) in [6.07, 6.45) is -2.85. The number of nitrogens with two attached hydrogens (primary N) is 1. The van der Waals surface area contributed by atoms with Gasteiger partial charge in [0, 0.05) is 5.56 Å². The van der Waals surface area contributed by atoms with E-state index in [0.717, 1.165) is 6.07 Å². The molecular weight excluding hydrogens is 254 g/mol. The first-order valence-electron chi connectivity index (χ1n) is 4.81. The van der Waals surface area contributed by atoms with E-state index in [2.05, 4.69) is 9.72 Å². The molecule has 0 fully saturated rings. The van der Waals surface area contributed by atoms with Crippen molar-refractivity contribution in [2.45, 2.75) is 19.2 Å². The molecule has 4 nitrogen and oxygen atoms in total. The van der Waals surface area contributed by atoms with Crippen molar-refractivity contribution in [3.8, 4) is 0 Å². The number of rotatable bonds is 4. The van der Waals surface area contributed by atoms with Crippen LogP contribution in [0.15, 0.2) is 6.07 Å². The molecule has 0 saturated carbocycles. The highest BCUT2D eigenvalue weighted by Crippen LogP contribution is 2.28. The van der Waals surface area contributed by atoms with Crippen molar-refractivity contribution < 1.29 is 18.3 Å². The molecular formula is C10H11ClF2N2O2. The molecule has 7 heteroatoms. The van der Waals surface area contributed by atoms with Gasteiger partial charge in [-0.05, 0) is 13.0 Å². The quantitative estimate of drug-likeness (QED) is 0.670. The molecule has 0 spiro atoms. The Morgan fingerprint density at radius 2 is 2.29 bits per heavy atom. The van der Waals surface area contributed by atoms with Crippen LogP contribution in [0.25, 0.3) is 0 Å². The average molecular weight is 265 g/mol. The second-order valence-electron chi connectivity index (χ2n) is 3.12. The highest BCUT2D eigenvalue weighted by Gasteiger charge is 2.24. The number of nitrogen functional groups attached to an aromatic ring is 1. The number of anilines is 1. The standard InChI is InChI=1S/C10H11ClF2N2O2/c1-2-17-10(16)7-6(8(12)13)3-5(4-11)15-9(7)14/h3,8H,2,4H2,1H3,(H2,14,15). The Bertz CT molecular complexity index is 427. The molecule has 0 aliphatic carbocycles. The molecule has 0 radical (unpaired) electrons. The number of ether oxygens (including phenoxy) is 1. The van der Waals surface area contributed by atoms with Crippen molar-refractivity contribution in [1.29, 1.82) is 0 Å². The molecule has 0 aliphatic heterocycles. The molecule has 0 atom stereocenters. The van der Waals surface area contributed by atoms with Gasteiger partial charge in [-0.1, -0.05) is 0 Å². The van der Waals surface area contributed by atoms with E-state index in [1.54, 1.807) is 6.92 Å². The molecule has 0 aliphatic rings. The number of hydrogen-bond donors (Lipinski definition) is 1. The van der Waals surface area contributed by atoms with Crippen LogP contribution in [0.1, 0.15) is 35.0 Å². The maximum Gasteiger partial charge on any atom is 0.342 e. The van der Waals surface area contributed by atoms with Crippen molar-refractivity contribution in [2.24, 2.45) is 0 Å². The SMILES string of the molecule is CCOC(=O)c1c(C(F)F)cc(CCl)nc1N. The summed E-state index contributed by atoms with van der Waals surface area (Å²) in [7, 11) is 0. The number of alkyl halides is 3. The molecule has 0 amide bonds. The Labute approximate surface area is 102 Å². The van der Waals surface area contributed by atoms with Crippen LogP contribution in [0.5, 0.6) is 0 Å². The largest absolute Gasteiger partial charge is 0.462 e. The summed E-state index contributed by atoms with van der Waals surface area (Å²) in [6.45, 7) is 1.63. The van der Waals surface area contributed by atoms with E-state index in [9.17, 15) is 13.6 Å². The van der Waals surface area contributed by atoms with Crippen molar-refractivity contribution in [3.05, 3.63) is 22.9 Å². The number of halogens is 3. The number of carbonyl (C=O) groups excluding carboxylic acids is 1. The van der Waals surface area contributed by atoms with Crippen molar-refractivity contribution in [1.82, 2.24) is 4.98 Å². The third-order valence-electron chi connectivity index (χ3n) is 1.98. The molecule has 1 heterocycles.